The summed E-state index contributed by atoms with van der Waals surface area (Å²) >= 11 is 0. The number of hydrogen-bond acceptors (Lipinski definition) is 6. The maximum Gasteiger partial charge on any atom is 0.241 e. The lowest BCUT2D eigenvalue weighted by atomic mass is 10.0. The molecule has 2 aliphatic rings. The van der Waals surface area contributed by atoms with Gasteiger partial charge in [-0.05, 0) is 25.8 Å². The third-order valence-corrected chi connectivity index (χ3v) is 6.04. The molecule has 1 saturated carbocycles. The zero-order valence-corrected chi connectivity index (χ0v) is 17.9. The summed E-state index contributed by atoms with van der Waals surface area (Å²) in [5.41, 5.74) is 3.94. The van der Waals surface area contributed by atoms with Crippen molar-refractivity contribution in [3.8, 4) is 5.88 Å². The number of pyridine rings is 2. The Morgan fingerprint density at radius 1 is 1.38 bits per heavy atom. The van der Waals surface area contributed by atoms with Crippen LogP contribution in [0.5, 0.6) is 5.88 Å². The smallest absolute Gasteiger partial charge is 0.241 e. The summed E-state index contributed by atoms with van der Waals surface area (Å²) in [7, 11) is 0. The number of aromatic nitrogens is 4. The second-order valence-corrected chi connectivity index (χ2v) is 8.37. The second kappa shape index (κ2) is 8.51. The van der Waals surface area contributed by atoms with Crippen molar-refractivity contribution >= 4 is 34.4 Å². The van der Waals surface area contributed by atoms with Gasteiger partial charge in [-0.15, -0.1) is 0 Å². The number of hydrogen-bond donors (Lipinski definition) is 3. The summed E-state index contributed by atoms with van der Waals surface area (Å²) in [5, 5.41) is 12.7. The van der Waals surface area contributed by atoms with Crippen LogP contribution in [0.4, 0.5) is 5.69 Å². The maximum absolute atomic E-state index is 11.7. The summed E-state index contributed by atoms with van der Waals surface area (Å²) in [6.07, 6.45) is 11.0. The van der Waals surface area contributed by atoms with Crippen LogP contribution in [-0.4, -0.2) is 44.3 Å². The predicted octanol–water partition coefficient (Wildman–Crippen LogP) is 1.95. The molecule has 9 nitrogen and oxygen atoms in total. The van der Waals surface area contributed by atoms with Gasteiger partial charge in [-0.25, -0.2) is 9.97 Å². The van der Waals surface area contributed by atoms with Crippen molar-refractivity contribution in [1.82, 2.24) is 24.8 Å². The molecule has 0 radical (unpaired) electrons. The zero-order chi connectivity index (χ0) is 22.1. The lowest BCUT2D eigenvalue weighted by Gasteiger charge is -2.20. The molecule has 1 amide bonds. The minimum absolute atomic E-state index is 0.0565. The third kappa shape index (κ3) is 4.11. The van der Waals surface area contributed by atoms with E-state index in [4.69, 9.17) is 15.1 Å². The first-order chi connectivity index (χ1) is 15.6. The minimum atomic E-state index is -0.182. The molecule has 0 spiro atoms. The first-order valence-electron chi connectivity index (χ1n) is 10.9. The Morgan fingerprint density at radius 2 is 2.19 bits per heavy atom. The van der Waals surface area contributed by atoms with Crippen molar-refractivity contribution in [2.45, 2.75) is 38.3 Å². The van der Waals surface area contributed by atoms with Crippen molar-refractivity contribution in [2.24, 2.45) is 5.92 Å². The molecule has 32 heavy (non-hydrogen) atoms. The van der Waals surface area contributed by atoms with Crippen molar-refractivity contribution in [2.75, 3.05) is 6.54 Å². The number of amides is 1. The van der Waals surface area contributed by atoms with Crippen LogP contribution in [-0.2, 0) is 4.79 Å². The summed E-state index contributed by atoms with van der Waals surface area (Å²) in [6, 6.07) is 6.14. The molecule has 0 aromatic carbocycles. The highest BCUT2D eigenvalue weighted by Gasteiger charge is 2.31. The van der Waals surface area contributed by atoms with Gasteiger partial charge in [-0.1, -0.05) is 0 Å². The van der Waals surface area contributed by atoms with Crippen LogP contribution in [0.15, 0.2) is 43.1 Å². The van der Waals surface area contributed by atoms with Crippen molar-refractivity contribution in [3.05, 3.63) is 48.8 Å². The quantitative estimate of drug-likeness (QED) is 0.470. The summed E-state index contributed by atoms with van der Waals surface area (Å²) in [4.78, 5) is 25.1. The van der Waals surface area contributed by atoms with E-state index in [1.54, 1.807) is 12.4 Å². The van der Waals surface area contributed by atoms with E-state index in [2.05, 4.69) is 19.9 Å². The van der Waals surface area contributed by atoms with E-state index < -0.39 is 0 Å². The highest BCUT2D eigenvalue weighted by molar-refractivity contribution is 6.08. The van der Waals surface area contributed by atoms with Crippen LogP contribution < -0.4 is 15.4 Å². The van der Waals surface area contributed by atoms with Gasteiger partial charge in [0.15, 0.2) is 0 Å². The number of rotatable bonds is 8. The lowest BCUT2D eigenvalue weighted by molar-refractivity contribution is -0.495. The second-order valence-electron chi connectivity index (χ2n) is 8.37. The van der Waals surface area contributed by atoms with Crippen molar-refractivity contribution in [1.29, 1.82) is 5.41 Å². The molecule has 164 valence electrons. The van der Waals surface area contributed by atoms with Gasteiger partial charge in [0.2, 0.25) is 11.8 Å². The Hall–Kier alpha value is -3.59. The molecule has 4 heterocycles. The fourth-order valence-electron chi connectivity index (χ4n) is 3.98. The molecule has 2 fully saturated rings. The van der Waals surface area contributed by atoms with Crippen LogP contribution >= 0.6 is 0 Å². The molecule has 1 aliphatic heterocycles. The molecule has 4 N–H and O–H groups in total. The van der Waals surface area contributed by atoms with E-state index >= 15 is 0 Å². The summed E-state index contributed by atoms with van der Waals surface area (Å²) < 4.78 is 8.49. The number of nitrogens with zero attached hydrogens (tertiary/aromatic N) is 4. The van der Waals surface area contributed by atoms with Gasteiger partial charge in [-0.3, -0.25) is 15.1 Å². The van der Waals surface area contributed by atoms with Crippen LogP contribution in [0.3, 0.4) is 0 Å². The van der Waals surface area contributed by atoms with Crippen LogP contribution in [0.2, 0.25) is 0 Å². The van der Waals surface area contributed by atoms with Gasteiger partial charge in [0.1, 0.15) is 23.5 Å². The topological polar surface area (TPSA) is 122 Å². The van der Waals surface area contributed by atoms with E-state index in [1.165, 1.54) is 6.21 Å². The highest BCUT2D eigenvalue weighted by atomic mass is 16.5. The number of nitrogens with two attached hydrogens (primary N) is 1. The summed E-state index contributed by atoms with van der Waals surface area (Å²) in [5.74, 6) is 0.657. The molecule has 2 atom stereocenters. The molecule has 3 aromatic rings. The monoisotopic (exact) mass is 432 g/mol. The van der Waals surface area contributed by atoms with Gasteiger partial charge in [0, 0.05) is 55.7 Å². The molecule has 0 bridgehead atoms. The van der Waals surface area contributed by atoms with E-state index in [-0.39, 0.29) is 17.9 Å². The molecule has 3 aromatic heterocycles. The van der Waals surface area contributed by atoms with E-state index in [0.29, 0.717) is 36.2 Å². The number of ether oxygens (including phenoxy) is 1. The average Bonchev–Trinajstić information content (AvgIpc) is 3.40. The molecule has 0 unspecified atom stereocenters. The predicted molar refractivity (Wildman–Crippen MR) is 120 cm³/mol. The Bertz CT molecular complexity index is 1180. The number of quaternary nitrogens is 1. The Labute approximate surface area is 185 Å². The van der Waals surface area contributed by atoms with E-state index in [0.717, 1.165) is 29.6 Å². The third-order valence-electron chi connectivity index (χ3n) is 6.04. The molecule has 9 heteroatoms. The largest absolute Gasteiger partial charge is 0.473 e. The van der Waals surface area contributed by atoms with Crippen molar-refractivity contribution in [3.63, 3.8) is 0 Å². The molecule has 1 aliphatic carbocycles. The first kappa shape index (κ1) is 20.3. The Morgan fingerprint density at radius 3 is 2.88 bits per heavy atom. The fourth-order valence-corrected chi connectivity index (χ4v) is 3.98. The number of allylic oxidation sites excluding steroid dienone is 1. The normalized spacial score (nSPS) is 19.7. The maximum atomic E-state index is 11.7. The summed E-state index contributed by atoms with van der Waals surface area (Å²) in [6.45, 7) is 2.59. The fraction of sp³-hybridized carbons (Fsp3) is 0.348. The first-order valence-corrected chi connectivity index (χ1v) is 10.9. The number of imidazole rings is 1. The lowest BCUT2D eigenvalue weighted by Crippen LogP contribution is -2.71. The minimum Gasteiger partial charge on any atom is -0.473 e. The Balaban J connectivity index is 1.50. The number of fused-ring (bicyclic) bond motifs is 1. The van der Waals surface area contributed by atoms with Gasteiger partial charge in [0.05, 0.1) is 23.1 Å². The molecular formula is C23H26N7O2+. The van der Waals surface area contributed by atoms with Crippen LogP contribution in [0, 0.1) is 11.3 Å². The van der Waals surface area contributed by atoms with Crippen LogP contribution in [0.1, 0.15) is 37.9 Å². The SMILES string of the molecule is C[C@@H](Oc1nc(/C(C=N)=C/[NH2+]c2ccncc2)cc2ncn(C3CC3)c12)[C@H]1CNC(=O)C1. The van der Waals surface area contributed by atoms with Gasteiger partial charge in [0.25, 0.3) is 0 Å². The molecule has 1 saturated heterocycles. The standard InChI is InChI=1S/C23H25N7O2/c1-14(15-8-21(31)27-11-15)32-23-22-20(28-13-30(22)18-2-3-18)9-19(29-23)16(10-24)12-26-17-4-6-25-7-5-17/h4-7,9-10,12-15,18,24H,2-3,8,11H2,1H3,(H,25,26)(H,27,31)/p+1/b16-12+,24-10?/t14-,15-/m1/s1. The van der Waals surface area contributed by atoms with Crippen molar-refractivity contribution < 1.29 is 14.8 Å². The van der Waals surface area contributed by atoms with E-state index in [9.17, 15) is 4.79 Å². The van der Waals surface area contributed by atoms with Crippen LogP contribution in [0.25, 0.3) is 16.6 Å². The Kier molecular flexibility index (Phi) is 5.40. The van der Waals surface area contributed by atoms with Gasteiger partial charge >= 0.3 is 0 Å². The zero-order valence-electron chi connectivity index (χ0n) is 17.9. The number of nitrogens with one attached hydrogen (secondary N) is 2. The van der Waals surface area contributed by atoms with Gasteiger partial charge < -0.3 is 20.0 Å². The highest BCUT2D eigenvalue weighted by Crippen LogP contribution is 2.40. The number of carbonyl (C=O) groups is 1. The molecular weight excluding hydrogens is 406 g/mol. The number of carbonyl (C=O) groups excluding carboxylic acids is 1. The van der Waals surface area contributed by atoms with Gasteiger partial charge in [-0.2, -0.15) is 0 Å². The molecule has 5 rings (SSSR count). The van der Waals surface area contributed by atoms with E-state index in [1.807, 2.05) is 43.0 Å². The average molecular weight is 433 g/mol.